The van der Waals surface area contributed by atoms with E-state index in [9.17, 15) is 5.11 Å². The van der Waals surface area contributed by atoms with Gasteiger partial charge in [-0.2, -0.15) is 0 Å². The molecular formula is C15H31NO2. The molecule has 0 bridgehead atoms. The van der Waals surface area contributed by atoms with Crippen LogP contribution in [0.15, 0.2) is 0 Å². The second-order valence-corrected chi connectivity index (χ2v) is 6.74. The lowest BCUT2D eigenvalue weighted by Gasteiger charge is -2.36. The van der Waals surface area contributed by atoms with E-state index in [2.05, 4.69) is 39.5 Å². The summed E-state index contributed by atoms with van der Waals surface area (Å²) in [5.41, 5.74) is -0.122. The SMILES string of the molecule is CCC(C)(C)OC[C@@H](O)CN1C[C@@H](C)C[C@H](C)C1. The van der Waals surface area contributed by atoms with Crippen LogP contribution in [0.3, 0.4) is 0 Å². The Balaban J connectivity index is 2.29. The lowest BCUT2D eigenvalue weighted by molar-refractivity contribution is -0.0701. The first-order chi connectivity index (χ1) is 8.32. The summed E-state index contributed by atoms with van der Waals surface area (Å²) in [5, 5.41) is 10.1. The summed E-state index contributed by atoms with van der Waals surface area (Å²) in [6, 6.07) is 0. The van der Waals surface area contributed by atoms with E-state index < -0.39 is 0 Å². The average Bonchev–Trinajstić information content (AvgIpc) is 2.25. The van der Waals surface area contributed by atoms with Crippen molar-refractivity contribution in [2.75, 3.05) is 26.2 Å². The van der Waals surface area contributed by atoms with E-state index in [1.807, 2.05) is 0 Å². The van der Waals surface area contributed by atoms with Gasteiger partial charge in [0.05, 0.1) is 18.3 Å². The molecule has 0 amide bonds. The van der Waals surface area contributed by atoms with Gasteiger partial charge in [-0.1, -0.05) is 20.8 Å². The second-order valence-electron chi connectivity index (χ2n) is 6.74. The first-order valence-corrected chi connectivity index (χ1v) is 7.36. The van der Waals surface area contributed by atoms with E-state index in [0.29, 0.717) is 6.61 Å². The van der Waals surface area contributed by atoms with Gasteiger partial charge in [0.2, 0.25) is 0 Å². The molecule has 1 rings (SSSR count). The summed E-state index contributed by atoms with van der Waals surface area (Å²) in [6.07, 6.45) is 1.91. The smallest absolute Gasteiger partial charge is 0.0900 e. The molecule has 3 nitrogen and oxygen atoms in total. The maximum Gasteiger partial charge on any atom is 0.0900 e. The Bertz CT molecular complexity index is 233. The molecular weight excluding hydrogens is 226 g/mol. The zero-order valence-corrected chi connectivity index (χ0v) is 12.8. The quantitative estimate of drug-likeness (QED) is 0.793. The molecule has 0 aromatic rings. The highest BCUT2D eigenvalue weighted by Gasteiger charge is 2.24. The molecule has 0 spiro atoms. The van der Waals surface area contributed by atoms with Crippen molar-refractivity contribution in [2.45, 2.75) is 59.2 Å². The van der Waals surface area contributed by atoms with Gasteiger partial charge in [0.15, 0.2) is 0 Å². The topological polar surface area (TPSA) is 32.7 Å². The van der Waals surface area contributed by atoms with Gasteiger partial charge in [-0.25, -0.2) is 0 Å². The summed E-state index contributed by atoms with van der Waals surface area (Å²) >= 11 is 0. The van der Waals surface area contributed by atoms with Gasteiger partial charge in [0.1, 0.15) is 0 Å². The largest absolute Gasteiger partial charge is 0.389 e. The van der Waals surface area contributed by atoms with Crippen molar-refractivity contribution in [1.29, 1.82) is 0 Å². The lowest BCUT2D eigenvalue weighted by Crippen LogP contribution is -2.44. The summed E-state index contributed by atoms with van der Waals surface area (Å²) < 4.78 is 5.76. The zero-order valence-electron chi connectivity index (χ0n) is 12.8. The van der Waals surface area contributed by atoms with Crippen LogP contribution in [0.1, 0.15) is 47.5 Å². The fourth-order valence-corrected chi connectivity index (χ4v) is 2.72. The normalized spacial score (nSPS) is 28.3. The van der Waals surface area contributed by atoms with Gasteiger partial charge < -0.3 is 14.7 Å². The Morgan fingerprint density at radius 2 is 1.83 bits per heavy atom. The van der Waals surface area contributed by atoms with Gasteiger partial charge in [0.25, 0.3) is 0 Å². The number of rotatable bonds is 6. The van der Waals surface area contributed by atoms with Gasteiger partial charge in [0, 0.05) is 19.6 Å². The fourth-order valence-electron chi connectivity index (χ4n) is 2.72. The van der Waals surface area contributed by atoms with E-state index in [0.717, 1.165) is 37.9 Å². The molecule has 0 aromatic carbocycles. The Kier molecular flexibility index (Phi) is 6.09. The first kappa shape index (κ1) is 15.9. The summed E-state index contributed by atoms with van der Waals surface area (Å²) in [6.45, 7) is 14.3. The van der Waals surface area contributed by atoms with Crippen LogP contribution in [0.2, 0.25) is 0 Å². The van der Waals surface area contributed by atoms with Crippen LogP contribution in [0.25, 0.3) is 0 Å². The van der Waals surface area contributed by atoms with Crippen LogP contribution >= 0.6 is 0 Å². The molecule has 0 saturated carbocycles. The van der Waals surface area contributed by atoms with E-state index in [-0.39, 0.29) is 11.7 Å². The third-order valence-electron chi connectivity index (χ3n) is 3.93. The van der Waals surface area contributed by atoms with Crippen LogP contribution in [0.4, 0.5) is 0 Å². The minimum Gasteiger partial charge on any atom is -0.389 e. The number of ether oxygens (including phenoxy) is 1. The number of aliphatic hydroxyl groups excluding tert-OH is 1. The number of hydrogen-bond acceptors (Lipinski definition) is 3. The van der Waals surface area contributed by atoms with Crippen molar-refractivity contribution >= 4 is 0 Å². The molecule has 1 saturated heterocycles. The third-order valence-corrected chi connectivity index (χ3v) is 3.93. The molecule has 3 atom stereocenters. The van der Waals surface area contributed by atoms with Crippen molar-refractivity contribution < 1.29 is 9.84 Å². The van der Waals surface area contributed by atoms with Crippen LogP contribution in [0.5, 0.6) is 0 Å². The molecule has 1 aliphatic heterocycles. The number of aliphatic hydroxyl groups is 1. The number of piperidine rings is 1. The van der Waals surface area contributed by atoms with Gasteiger partial charge in [-0.05, 0) is 38.5 Å². The highest BCUT2D eigenvalue weighted by molar-refractivity contribution is 4.77. The molecule has 1 N–H and O–H groups in total. The Morgan fingerprint density at radius 3 is 2.33 bits per heavy atom. The van der Waals surface area contributed by atoms with E-state index >= 15 is 0 Å². The second kappa shape index (κ2) is 6.88. The monoisotopic (exact) mass is 257 g/mol. The molecule has 18 heavy (non-hydrogen) atoms. The van der Waals surface area contributed by atoms with Gasteiger partial charge >= 0.3 is 0 Å². The van der Waals surface area contributed by atoms with Crippen molar-refractivity contribution in [1.82, 2.24) is 4.90 Å². The number of nitrogens with zero attached hydrogens (tertiary/aromatic N) is 1. The number of hydrogen-bond donors (Lipinski definition) is 1. The summed E-state index contributed by atoms with van der Waals surface area (Å²) in [4.78, 5) is 2.38. The van der Waals surface area contributed by atoms with Crippen LogP contribution in [0, 0.1) is 11.8 Å². The molecule has 1 fully saturated rings. The number of β-amino-alcohol motifs (C(OH)–C–C–N with tert-alkyl or cyclic N) is 1. The predicted molar refractivity (Wildman–Crippen MR) is 75.7 cm³/mol. The molecule has 1 aliphatic rings. The summed E-state index contributed by atoms with van der Waals surface area (Å²) in [5.74, 6) is 1.49. The van der Waals surface area contributed by atoms with Crippen LogP contribution in [-0.4, -0.2) is 48.0 Å². The number of likely N-dealkylation sites (tertiary alicyclic amines) is 1. The van der Waals surface area contributed by atoms with Crippen LogP contribution < -0.4 is 0 Å². The van der Waals surface area contributed by atoms with Crippen molar-refractivity contribution in [2.24, 2.45) is 11.8 Å². The maximum atomic E-state index is 10.1. The van der Waals surface area contributed by atoms with E-state index in [1.54, 1.807) is 0 Å². The molecule has 3 heteroatoms. The lowest BCUT2D eigenvalue weighted by atomic mass is 9.92. The predicted octanol–water partition coefficient (Wildman–Crippen LogP) is 2.53. The molecule has 108 valence electrons. The zero-order chi connectivity index (χ0) is 13.8. The molecule has 0 aliphatic carbocycles. The molecule has 0 unspecified atom stereocenters. The standard InChI is InChI=1S/C15H31NO2/c1-6-15(4,5)18-11-14(17)10-16-8-12(2)7-13(3)9-16/h12-14,17H,6-11H2,1-5H3/t12-,13-,14-/m0/s1. The Morgan fingerprint density at radius 1 is 1.28 bits per heavy atom. The van der Waals surface area contributed by atoms with Crippen molar-refractivity contribution in [3.8, 4) is 0 Å². The van der Waals surface area contributed by atoms with Crippen molar-refractivity contribution in [3.63, 3.8) is 0 Å². The van der Waals surface area contributed by atoms with Crippen molar-refractivity contribution in [3.05, 3.63) is 0 Å². The Hall–Kier alpha value is -0.120. The third kappa shape index (κ3) is 5.68. The Labute approximate surface area is 113 Å². The van der Waals surface area contributed by atoms with E-state index in [1.165, 1.54) is 6.42 Å². The highest BCUT2D eigenvalue weighted by atomic mass is 16.5. The van der Waals surface area contributed by atoms with Gasteiger partial charge in [-0.15, -0.1) is 0 Å². The minimum atomic E-state index is -0.367. The average molecular weight is 257 g/mol. The first-order valence-electron chi connectivity index (χ1n) is 7.36. The van der Waals surface area contributed by atoms with E-state index in [4.69, 9.17) is 4.74 Å². The molecule has 0 aromatic heterocycles. The highest BCUT2D eigenvalue weighted by Crippen LogP contribution is 2.21. The fraction of sp³-hybridized carbons (Fsp3) is 1.00. The minimum absolute atomic E-state index is 0.122. The van der Waals surface area contributed by atoms with Crippen LogP contribution in [-0.2, 0) is 4.74 Å². The van der Waals surface area contributed by atoms with Gasteiger partial charge in [-0.3, -0.25) is 0 Å². The summed E-state index contributed by atoms with van der Waals surface area (Å²) in [7, 11) is 0. The maximum absolute atomic E-state index is 10.1. The molecule has 1 heterocycles. The molecule has 0 radical (unpaired) electrons.